The molecular formula is C29H23F2N7O4. The Labute approximate surface area is 236 Å². The molecule has 0 unspecified atom stereocenters. The van der Waals surface area contributed by atoms with Gasteiger partial charge in [-0.05, 0) is 55.5 Å². The van der Waals surface area contributed by atoms with E-state index < -0.39 is 28.8 Å². The molecule has 0 saturated carbocycles. The summed E-state index contributed by atoms with van der Waals surface area (Å²) in [5, 5.41) is 12.9. The zero-order valence-electron chi connectivity index (χ0n) is 22.0. The van der Waals surface area contributed by atoms with Crippen molar-refractivity contribution in [2.45, 2.75) is 13.5 Å². The molecule has 5 rings (SSSR count). The van der Waals surface area contributed by atoms with Crippen molar-refractivity contribution in [1.82, 2.24) is 24.4 Å². The molecule has 0 spiro atoms. The minimum Gasteiger partial charge on any atom is -0.452 e. The van der Waals surface area contributed by atoms with Crippen LogP contribution in [0.25, 0.3) is 11.3 Å². The highest BCUT2D eigenvalue weighted by atomic mass is 19.1. The Morgan fingerprint density at radius 2 is 1.95 bits per heavy atom. The van der Waals surface area contributed by atoms with Crippen LogP contribution < -0.4 is 26.6 Å². The Morgan fingerprint density at radius 3 is 2.62 bits per heavy atom. The van der Waals surface area contributed by atoms with E-state index in [4.69, 9.17) is 10.1 Å². The molecule has 13 heteroatoms. The normalized spacial score (nSPS) is 13.6. The first kappa shape index (κ1) is 27.7. The number of dihydropyridines is 1. The second-order valence-corrected chi connectivity index (χ2v) is 8.88. The topological polar surface area (TPSA) is 147 Å². The number of ether oxygens (including phenoxy) is 1. The molecule has 0 radical (unpaired) electrons. The van der Waals surface area contributed by atoms with Gasteiger partial charge in [0.1, 0.15) is 11.4 Å². The number of aromatic nitrogens is 4. The molecule has 2 aromatic heterocycles. The summed E-state index contributed by atoms with van der Waals surface area (Å²) in [6.45, 7) is 1.81. The molecule has 0 fully saturated rings. The number of amides is 1. The summed E-state index contributed by atoms with van der Waals surface area (Å²) in [7, 11) is 0. The highest BCUT2D eigenvalue weighted by molar-refractivity contribution is 6.03. The van der Waals surface area contributed by atoms with Gasteiger partial charge in [0.2, 0.25) is 0 Å². The molecule has 11 nitrogen and oxygen atoms in total. The first-order valence-corrected chi connectivity index (χ1v) is 12.6. The molecule has 2 aromatic carbocycles. The van der Waals surface area contributed by atoms with E-state index in [0.717, 1.165) is 39.7 Å². The number of H-pyrrole nitrogens is 1. The van der Waals surface area contributed by atoms with Crippen molar-refractivity contribution in [2.24, 2.45) is 0 Å². The standard InChI is InChI=1S/C29H23F2N7O4/c1-2-37-15-21(28(40)38(29(37)41)20-6-3-18(30)4-7-20)27(39)36-19-5-8-25(22(31)12-19)42-26-11-17(24-14-33-16-35-24)13-34-23(26)9-10-32/h3-16,32,34H,2H2,1H3,(H,33,35)(H,36,39)/b23-9-,32-10?. The average molecular weight is 572 g/mol. The summed E-state index contributed by atoms with van der Waals surface area (Å²) in [4.78, 5) is 46.2. The van der Waals surface area contributed by atoms with Gasteiger partial charge in [0.15, 0.2) is 17.3 Å². The summed E-state index contributed by atoms with van der Waals surface area (Å²) in [6.07, 6.45) is 10.1. The molecule has 0 bridgehead atoms. The zero-order chi connectivity index (χ0) is 29.8. The van der Waals surface area contributed by atoms with E-state index in [-0.39, 0.29) is 35.0 Å². The van der Waals surface area contributed by atoms with Crippen LogP contribution in [0.4, 0.5) is 14.5 Å². The number of carbonyl (C=O) groups excluding carboxylic acids is 1. The third kappa shape index (κ3) is 5.56. The van der Waals surface area contributed by atoms with Gasteiger partial charge < -0.3 is 25.8 Å². The molecule has 0 aliphatic carbocycles. The number of rotatable bonds is 8. The van der Waals surface area contributed by atoms with Crippen LogP contribution in [-0.4, -0.2) is 31.2 Å². The third-order valence-electron chi connectivity index (χ3n) is 6.21. The van der Waals surface area contributed by atoms with E-state index in [1.807, 2.05) is 0 Å². The first-order chi connectivity index (χ1) is 20.3. The molecule has 1 amide bonds. The second-order valence-electron chi connectivity index (χ2n) is 8.88. The van der Waals surface area contributed by atoms with E-state index in [9.17, 15) is 18.8 Å². The maximum absolute atomic E-state index is 15.1. The number of nitrogens with zero attached hydrogens (tertiary/aromatic N) is 3. The Hall–Kier alpha value is -5.85. The van der Waals surface area contributed by atoms with Crippen molar-refractivity contribution in [3.63, 3.8) is 0 Å². The Balaban J connectivity index is 1.41. The van der Waals surface area contributed by atoms with Crippen molar-refractivity contribution in [1.29, 1.82) is 5.41 Å². The minimum atomic E-state index is -0.919. The Kier molecular flexibility index (Phi) is 7.73. The monoisotopic (exact) mass is 571 g/mol. The molecule has 0 saturated heterocycles. The molecule has 1 aliphatic heterocycles. The van der Waals surface area contributed by atoms with Crippen LogP contribution in [0, 0.1) is 17.0 Å². The van der Waals surface area contributed by atoms with Gasteiger partial charge in [0.25, 0.3) is 11.5 Å². The lowest BCUT2D eigenvalue weighted by atomic mass is 10.1. The number of aryl methyl sites for hydroxylation is 1. The molecule has 0 atom stereocenters. The van der Waals surface area contributed by atoms with Gasteiger partial charge in [0.05, 0.1) is 23.4 Å². The summed E-state index contributed by atoms with van der Waals surface area (Å²) < 4.78 is 36.3. The number of benzene rings is 2. The number of hydrogen-bond acceptors (Lipinski definition) is 7. The molecule has 1 aliphatic rings. The van der Waals surface area contributed by atoms with Crippen molar-refractivity contribution in [3.8, 4) is 11.4 Å². The summed E-state index contributed by atoms with van der Waals surface area (Å²) in [5.74, 6) is -2.20. The van der Waals surface area contributed by atoms with E-state index in [0.29, 0.717) is 17.0 Å². The van der Waals surface area contributed by atoms with Gasteiger partial charge in [-0.25, -0.2) is 23.1 Å². The predicted octanol–water partition coefficient (Wildman–Crippen LogP) is 3.71. The predicted molar refractivity (Wildman–Crippen MR) is 152 cm³/mol. The fraction of sp³-hybridized carbons (Fsp3) is 0.0690. The van der Waals surface area contributed by atoms with Gasteiger partial charge >= 0.3 is 5.69 Å². The summed E-state index contributed by atoms with van der Waals surface area (Å²) in [5.41, 5.74) is -0.215. The van der Waals surface area contributed by atoms with Crippen molar-refractivity contribution in [2.75, 3.05) is 5.32 Å². The second kappa shape index (κ2) is 11.7. The van der Waals surface area contributed by atoms with E-state index in [1.54, 1.807) is 25.4 Å². The quantitative estimate of drug-likeness (QED) is 0.237. The van der Waals surface area contributed by atoms with E-state index in [1.165, 1.54) is 36.7 Å². The SMILES string of the molecule is CCn1cc(C(=O)Nc2ccc(OC3=CC(c4c[nH]cn4)=CN/C3=C\C=N)c(F)c2)c(=O)n(-c2ccc(F)cc2)c1=O. The van der Waals surface area contributed by atoms with Crippen LogP contribution in [0.3, 0.4) is 0 Å². The summed E-state index contributed by atoms with van der Waals surface area (Å²) >= 11 is 0. The number of aromatic amines is 1. The highest BCUT2D eigenvalue weighted by Gasteiger charge is 2.20. The maximum Gasteiger partial charge on any atom is 0.335 e. The number of hydrogen-bond donors (Lipinski definition) is 4. The third-order valence-corrected chi connectivity index (χ3v) is 6.21. The van der Waals surface area contributed by atoms with E-state index >= 15 is 4.39 Å². The largest absolute Gasteiger partial charge is 0.452 e. The smallest absolute Gasteiger partial charge is 0.335 e. The van der Waals surface area contributed by atoms with Gasteiger partial charge in [-0.15, -0.1) is 0 Å². The lowest BCUT2D eigenvalue weighted by Gasteiger charge is -2.19. The first-order valence-electron chi connectivity index (χ1n) is 12.6. The van der Waals surface area contributed by atoms with Gasteiger partial charge in [-0.1, -0.05) is 0 Å². The average Bonchev–Trinajstić information content (AvgIpc) is 3.52. The van der Waals surface area contributed by atoms with Crippen LogP contribution in [0.5, 0.6) is 5.75 Å². The van der Waals surface area contributed by atoms with Crippen LogP contribution >= 0.6 is 0 Å². The van der Waals surface area contributed by atoms with Gasteiger partial charge in [-0.2, -0.15) is 0 Å². The number of imidazole rings is 1. The highest BCUT2D eigenvalue weighted by Crippen LogP contribution is 2.28. The van der Waals surface area contributed by atoms with Crippen LogP contribution in [0.2, 0.25) is 0 Å². The molecule has 4 N–H and O–H groups in total. The van der Waals surface area contributed by atoms with Crippen molar-refractivity contribution >= 4 is 23.4 Å². The fourth-order valence-corrected chi connectivity index (χ4v) is 4.13. The zero-order valence-corrected chi connectivity index (χ0v) is 22.0. The Bertz CT molecular complexity index is 1890. The molecule has 42 heavy (non-hydrogen) atoms. The molecule has 3 heterocycles. The maximum atomic E-state index is 15.1. The molecule has 4 aromatic rings. The molecule has 212 valence electrons. The van der Waals surface area contributed by atoms with Crippen LogP contribution in [0.15, 0.2) is 101 Å². The van der Waals surface area contributed by atoms with Crippen LogP contribution in [0.1, 0.15) is 23.0 Å². The summed E-state index contributed by atoms with van der Waals surface area (Å²) in [6, 6.07) is 8.38. The van der Waals surface area contributed by atoms with Crippen LogP contribution in [-0.2, 0) is 6.54 Å². The fourth-order valence-electron chi connectivity index (χ4n) is 4.13. The van der Waals surface area contributed by atoms with Crippen molar-refractivity contribution < 1.29 is 18.3 Å². The lowest BCUT2D eigenvalue weighted by molar-refractivity contribution is 0.102. The molecular weight excluding hydrogens is 548 g/mol. The number of nitrogens with one attached hydrogen (secondary N) is 4. The van der Waals surface area contributed by atoms with Gasteiger partial charge in [-0.3, -0.25) is 14.2 Å². The number of carbonyl (C=O) groups is 1. The number of halogens is 2. The van der Waals surface area contributed by atoms with E-state index in [2.05, 4.69) is 20.6 Å². The lowest BCUT2D eigenvalue weighted by Crippen LogP contribution is -2.42. The number of anilines is 1. The Morgan fingerprint density at radius 1 is 1.17 bits per heavy atom. The minimum absolute atomic E-state index is 0.0231. The number of allylic oxidation sites excluding steroid dienone is 3. The van der Waals surface area contributed by atoms with Gasteiger partial charge in [0, 0.05) is 48.7 Å². The van der Waals surface area contributed by atoms with Crippen molar-refractivity contribution in [3.05, 3.63) is 135 Å².